The molecule has 1 N–H and O–H groups in total. The summed E-state index contributed by atoms with van der Waals surface area (Å²) in [6.45, 7) is 13.6. The normalized spacial score (nSPS) is 13.6. The highest BCUT2D eigenvalue weighted by Gasteiger charge is 2.25. The Morgan fingerprint density at radius 2 is 1.22 bits per heavy atom. The first-order valence-electron chi connectivity index (χ1n) is 11.6. The van der Waals surface area contributed by atoms with Crippen molar-refractivity contribution in [2.75, 3.05) is 6.61 Å². The molecule has 1 aliphatic heterocycles. The number of phenolic OH excluding ortho intramolecular Hbond substituents is 1. The van der Waals surface area contributed by atoms with E-state index in [9.17, 15) is 5.11 Å². The molecular formula is C29H35O2P. The van der Waals surface area contributed by atoms with Crippen LogP contribution in [0.15, 0.2) is 36.4 Å². The summed E-state index contributed by atoms with van der Waals surface area (Å²) in [4.78, 5) is 0. The first-order valence-corrected chi connectivity index (χ1v) is 13.2. The third-order valence-electron chi connectivity index (χ3n) is 6.63. The van der Waals surface area contributed by atoms with Crippen molar-refractivity contribution < 1.29 is 9.63 Å². The van der Waals surface area contributed by atoms with Gasteiger partial charge in [0.25, 0.3) is 0 Å². The van der Waals surface area contributed by atoms with Crippen LogP contribution in [0.3, 0.4) is 0 Å². The van der Waals surface area contributed by atoms with Gasteiger partial charge in [0.05, 0.1) is 6.61 Å². The first-order chi connectivity index (χ1) is 15.2. The Morgan fingerprint density at radius 1 is 0.719 bits per heavy atom. The minimum atomic E-state index is -0.561. The molecule has 2 nitrogen and oxygen atoms in total. The molecule has 1 aliphatic rings. The van der Waals surface area contributed by atoms with Gasteiger partial charge in [0.2, 0.25) is 0 Å². The monoisotopic (exact) mass is 446 g/mol. The fourth-order valence-electron chi connectivity index (χ4n) is 5.06. The zero-order valence-electron chi connectivity index (χ0n) is 20.3. The fraction of sp³-hybridized carbons (Fsp3) is 0.379. The number of hydrogen-bond acceptors (Lipinski definition) is 2. The van der Waals surface area contributed by atoms with Gasteiger partial charge in [0.1, 0.15) is 5.75 Å². The van der Waals surface area contributed by atoms with E-state index in [0.29, 0.717) is 5.75 Å². The molecule has 0 spiro atoms. The fourth-order valence-corrected chi connectivity index (χ4v) is 7.28. The molecule has 0 saturated heterocycles. The minimum Gasteiger partial charge on any atom is -0.507 e. The molecule has 0 aliphatic carbocycles. The highest BCUT2D eigenvalue weighted by atomic mass is 31.1. The topological polar surface area (TPSA) is 29.5 Å². The van der Waals surface area contributed by atoms with Crippen LogP contribution < -0.4 is 0 Å². The van der Waals surface area contributed by atoms with Crippen molar-refractivity contribution in [3.8, 4) is 16.9 Å². The predicted octanol–water partition coefficient (Wildman–Crippen LogP) is 7.97. The van der Waals surface area contributed by atoms with Crippen LogP contribution >= 0.6 is 8.15 Å². The summed E-state index contributed by atoms with van der Waals surface area (Å²) in [5.41, 5.74) is 14.4. The summed E-state index contributed by atoms with van der Waals surface area (Å²) in [5, 5.41) is 10.0. The Hall–Kier alpha value is -2.15. The van der Waals surface area contributed by atoms with Crippen LogP contribution in [0, 0.1) is 41.5 Å². The lowest BCUT2D eigenvalue weighted by Gasteiger charge is -2.18. The van der Waals surface area contributed by atoms with Gasteiger partial charge in [-0.05, 0) is 104 Å². The van der Waals surface area contributed by atoms with Crippen molar-refractivity contribution in [1.29, 1.82) is 0 Å². The molecule has 1 heterocycles. The van der Waals surface area contributed by atoms with Gasteiger partial charge >= 0.3 is 0 Å². The average molecular weight is 447 g/mol. The van der Waals surface area contributed by atoms with Crippen molar-refractivity contribution in [2.45, 2.75) is 66.7 Å². The van der Waals surface area contributed by atoms with Gasteiger partial charge in [-0.25, -0.2) is 0 Å². The molecule has 3 aromatic carbocycles. The Morgan fingerprint density at radius 3 is 1.72 bits per heavy atom. The van der Waals surface area contributed by atoms with Crippen LogP contribution in [0.1, 0.15) is 56.5 Å². The number of fused-ring (bicyclic) bond motifs is 3. The van der Waals surface area contributed by atoms with Crippen molar-refractivity contribution in [3.05, 3.63) is 86.5 Å². The standard InChI is InChI=1S/C29H35O2P/c1-18-10-20(3)27-16-32(17-28-21(4)11-19(2)13-26(28)25(27)12-18)31-9-7-8-24-14-22(5)29(30)23(6)15-24/h10-15,30H,7-9,16-17H2,1-6H3. The van der Waals surface area contributed by atoms with Crippen molar-refractivity contribution in [2.24, 2.45) is 0 Å². The van der Waals surface area contributed by atoms with Crippen LogP contribution in [-0.2, 0) is 23.3 Å². The molecule has 32 heavy (non-hydrogen) atoms. The first kappa shape index (κ1) is 23.0. The van der Waals surface area contributed by atoms with Crippen molar-refractivity contribution >= 4 is 8.15 Å². The van der Waals surface area contributed by atoms with E-state index in [1.165, 1.54) is 50.1 Å². The van der Waals surface area contributed by atoms with Crippen LogP contribution in [0.4, 0.5) is 0 Å². The Labute approximate surface area is 194 Å². The van der Waals surface area contributed by atoms with Crippen LogP contribution in [0.25, 0.3) is 11.1 Å². The van der Waals surface area contributed by atoms with E-state index in [1.54, 1.807) is 0 Å². The van der Waals surface area contributed by atoms with Gasteiger partial charge in [-0.15, -0.1) is 0 Å². The Kier molecular flexibility index (Phi) is 6.75. The number of hydrogen-bond donors (Lipinski definition) is 1. The summed E-state index contributed by atoms with van der Waals surface area (Å²) in [6, 6.07) is 13.6. The number of aryl methyl sites for hydroxylation is 7. The quantitative estimate of drug-likeness (QED) is 0.318. The van der Waals surface area contributed by atoms with E-state index >= 15 is 0 Å². The van der Waals surface area contributed by atoms with E-state index in [4.69, 9.17) is 4.52 Å². The van der Waals surface area contributed by atoms with Gasteiger partial charge in [-0.1, -0.05) is 47.5 Å². The van der Waals surface area contributed by atoms with Gasteiger partial charge < -0.3 is 9.63 Å². The summed E-state index contributed by atoms with van der Waals surface area (Å²) < 4.78 is 6.57. The van der Waals surface area contributed by atoms with Gasteiger partial charge in [0.15, 0.2) is 0 Å². The van der Waals surface area contributed by atoms with Crippen LogP contribution in [0.5, 0.6) is 5.75 Å². The molecule has 0 fully saturated rings. The average Bonchev–Trinajstić information content (AvgIpc) is 2.87. The van der Waals surface area contributed by atoms with Gasteiger partial charge in [-0.2, -0.15) is 0 Å². The van der Waals surface area contributed by atoms with Gasteiger partial charge in [-0.3, -0.25) is 0 Å². The molecule has 0 saturated carbocycles. The second-order valence-corrected chi connectivity index (χ2v) is 11.4. The maximum absolute atomic E-state index is 10.0. The molecular weight excluding hydrogens is 411 g/mol. The molecule has 0 radical (unpaired) electrons. The molecule has 3 heteroatoms. The third kappa shape index (κ3) is 4.77. The smallest absolute Gasteiger partial charge is 0.121 e. The van der Waals surface area contributed by atoms with Gasteiger partial charge in [0, 0.05) is 20.5 Å². The van der Waals surface area contributed by atoms with Crippen LogP contribution in [-0.4, -0.2) is 11.7 Å². The van der Waals surface area contributed by atoms with Crippen molar-refractivity contribution in [1.82, 2.24) is 0 Å². The van der Waals surface area contributed by atoms with E-state index < -0.39 is 8.15 Å². The number of benzene rings is 3. The largest absolute Gasteiger partial charge is 0.507 e. The third-order valence-corrected chi connectivity index (χ3v) is 8.51. The Balaban J connectivity index is 1.53. The maximum atomic E-state index is 10.0. The molecule has 0 atom stereocenters. The number of rotatable bonds is 5. The zero-order valence-corrected chi connectivity index (χ0v) is 21.2. The zero-order chi connectivity index (χ0) is 23.0. The highest BCUT2D eigenvalue weighted by molar-refractivity contribution is 7.50. The summed E-state index contributed by atoms with van der Waals surface area (Å²) in [5.74, 6) is 0.417. The summed E-state index contributed by atoms with van der Waals surface area (Å²) in [6.07, 6.45) is 4.04. The van der Waals surface area contributed by atoms with Crippen LogP contribution in [0.2, 0.25) is 0 Å². The highest BCUT2D eigenvalue weighted by Crippen LogP contribution is 2.52. The van der Waals surface area contributed by atoms with E-state index in [-0.39, 0.29) is 0 Å². The molecule has 4 rings (SSSR count). The predicted molar refractivity (Wildman–Crippen MR) is 137 cm³/mol. The Bertz CT molecular complexity index is 1080. The summed E-state index contributed by atoms with van der Waals surface area (Å²) in [7, 11) is -0.561. The lowest BCUT2D eigenvalue weighted by molar-refractivity contribution is 0.342. The second-order valence-electron chi connectivity index (χ2n) is 9.53. The molecule has 0 unspecified atom stereocenters. The lowest BCUT2D eigenvalue weighted by Crippen LogP contribution is -1.98. The van der Waals surface area contributed by atoms with E-state index in [0.717, 1.165) is 42.9 Å². The SMILES string of the molecule is Cc1cc(C)c2c(c1)-c1cc(C)cc(C)c1CP(OCCCc1cc(C)c(O)c(C)c1)C2. The minimum absolute atomic E-state index is 0.417. The number of aromatic hydroxyl groups is 1. The molecule has 0 aromatic heterocycles. The van der Waals surface area contributed by atoms with Crippen molar-refractivity contribution in [3.63, 3.8) is 0 Å². The molecule has 0 amide bonds. The van der Waals surface area contributed by atoms with E-state index in [2.05, 4.69) is 64.1 Å². The summed E-state index contributed by atoms with van der Waals surface area (Å²) >= 11 is 0. The second kappa shape index (κ2) is 9.38. The molecule has 3 aromatic rings. The van der Waals surface area contributed by atoms with E-state index in [1.807, 2.05) is 13.8 Å². The molecule has 0 bridgehead atoms. The maximum Gasteiger partial charge on any atom is 0.121 e. The molecule has 168 valence electrons. The number of phenols is 1. The lowest BCUT2D eigenvalue weighted by atomic mass is 9.89.